The van der Waals surface area contributed by atoms with Gasteiger partial charge < -0.3 is 10.0 Å². The van der Waals surface area contributed by atoms with E-state index in [1.54, 1.807) is 0 Å². The minimum Gasteiger partial charge on any atom is -0.391 e. The molecule has 1 aromatic rings. The van der Waals surface area contributed by atoms with Gasteiger partial charge in [-0.2, -0.15) is 0 Å². The van der Waals surface area contributed by atoms with E-state index >= 15 is 0 Å². The van der Waals surface area contributed by atoms with Crippen molar-refractivity contribution in [2.75, 3.05) is 14.1 Å². The van der Waals surface area contributed by atoms with Gasteiger partial charge in [0.25, 0.3) is 0 Å². The minimum atomic E-state index is -0.243. The Morgan fingerprint density at radius 1 is 1.31 bits per heavy atom. The first kappa shape index (κ1) is 8.73. The third-order valence-electron chi connectivity index (χ3n) is 2.72. The van der Waals surface area contributed by atoms with Crippen molar-refractivity contribution in [2.24, 2.45) is 0 Å². The summed E-state index contributed by atoms with van der Waals surface area (Å²) < 4.78 is 0. The molecule has 0 amide bonds. The van der Waals surface area contributed by atoms with Crippen molar-refractivity contribution < 1.29 is 5.11 Å². The van der Waals surface area contributed by atoms with E-state index in [0.29, 0.717) is 0 Å². The molecule has 0 spiro atoms. The molecule has 0 fully saturated rings. The van der Waals surface area contributed by atoms with Crippen molar-refractivity contribution in [3.8, 4) is 0 Å². The second-order valence-electron chi connectivity index (χ2n) is 3.88. The van der Waals surface area contributed by atoms with Crippen LogP contribution in [0.25, 0.3) is 0 Å². The lowest BCUT2D eigenvalue weighted by atomic mass is 10.1. The Balaban J connectivity index is 2.40. The third kappa shape index (κ3) is 1.36. The lowest BCUT2D eigenvalue weighted by molar-refractivity contribution is 0.0902. The summed E-state index contributed by atoms with van der Waals surface area (Å²) >= 11 is 0. The average Bonchev–Trinajstić information content (AvgIpc) is 2.39. The standard InChI is InChI=1S/C11H15NO/c1-12(2)11-9-6-4-3-5-8(9)7-10(11)13/h3-6,10-11,13H,7H2,1-2H3/t10-,11+/m0/s1. The van der Waals surface area contributed by atoms with Gasteiger partial charge in [-0.15, -0.1) is 0 Å². The zero-order valence-corrected chi connectivity index (χ0v) is 8.07. The molecule has 2 heteroatoms. The molecular formula is C11H15NO. The molecule has 13 heavy (non-hydrogen) atoms. The molecule has 0 heterocycles. The molecule has 0 saturated heterocycles. The van der Waals surface area contributed by atoms with Crippen LogP contribution in [0, 0.1) is 0 Å². The molecule has 2 nitrogen and oxygen atoms in total. The van der Waals surface area contributed by atoms with Crippen LogP contribution in [0.3, 0.4) is 0 Å². The lowest BCUT2D eigenvalue weighted by Crippen LogP contribution is -2.27. The summed E-state index contributed by atoms with van der Waals surface area (Å²) in [5.41, 5.74) is 2.56. The number of benzene rings is 1. The maximum Gasteiger partial charge on any atom is 0.0777 e. The summed E-state index contributed by atoms with van der Waals surface area (Å²) in [6, 6.07) is 8.45. The largest absolute Gasteiger partial charge is 0.391 e. The van der Waals surface area contributed by atoms with Gasteiger partial charge in [-0.1, -0.05) is 24.3 Å². The first-order valence-electron chi connectivity index (χ1n) is 4.62. The van der Waals surface area contributed by atoms with Crippen molar-refractivity contribution in [3.05, 3.63) is 35.4 Å². The average molecular weight is 177 g/mol. The quantitative estimate of drug-likeness (QED) is 0.697. The Kier molecular flexibility index (Phi) is 2.10. The molecule has 0 aromatic heterocycles. The van der Waals surface area contributed by atoms with Gasteiger partial charge in [0, 0.05) is 6.42 Å². The van der Waals surface area contributed by atoms with Gasteiger partial charge in [-0.25, -0.2) is 0 Å². The normalized spacial score (nSPS) is 26.5. The van der Waals surface area contributed by atoms with Gasteiger partial charge in [-0.3, -0.25) is 0 Å². The molecule has 1 aliphatic carbocycles. The van der Waals surface area contributed by atoms with E-state index in [4.69, 9.17) is 0 Å². The predicted molar refractivity (Wildman–Crippen MR) is 52.6 cm³/mol. The molecule has 70 valence electrons. The number of rotatable bonds is 1. The van der Waals surface area contributed by atoms with Crippen molar-refractivity contribution in [1.29, 1.82) is 0 Å². The lowest BCUT2D eigenvalue weighted by Gasteiger charge is -2.23. The van der Waals surface area contributed by atoms with Gasteiger partial charge in [0.05, 0.1) is 12.1 Å². The van der Waals surface area contributed by atoms with Crippen LogP contribution in [0.5, 0.6) is 0 Å². The maximum atomic E-state index is 9.84. The van der Waals surface area contributed by atoms with Gasteiger partial charge in [0.15, 0.2) is 0 Å². The van der Waals surface area contributed by atoms with Crippen LogP contribution in [0.4, 0.5) is 0 Å². The monoisotopic (exact) mass is 177 g/mol. The molecule has 1 N–H and O–H groups in total. The zero-order valence-electron chi connectivity index (χ0n) is 8.07. The van der Waals surface area contributed by atoms with Crippen LogP contribution < -0.4 is 0 Å². The predicted octanol–water partition coefficient (Wildman–Crippen LogP) is 1.21. The molecular weight excluding hydrogens is 162 g/mol. The third-order valence-corrected chi connectivity index (χ3v) is 2.72. The maximum absolute atomic E-state index is 9.84. The summed E-state index contributed by atoms with van der Waals surface area (Å²) in [6.07, 6.45) is 0.548. The number of nitrogens with zero attached hydrogens (tertiary/aromatic N) is 1. The van der Waals surface area contributed by atoms with E-state index < -0.39 is 0 Å². The van der Waals surface area contributed by atoms with E-state index in [2.05, 4.69) is 17.0 Å². The number of likely N-dealkylation sites (N-methyl/N-ethyl adjacent to an activating group) is 1. The van der Waals surface area contributed by atoms with E-state index in [1.807, 2.05) is 26.2 Å². The zero-order chi connectivity index (χ0) is 9.42. The highest BCUT2D eigenvalue weighted by Gasteiger charge is 2.31. The number of hydrogen-bond acceptors (Lipinski definition) is 2. The van der Waals surface area contributed by atoms with E-state index in [9.17, 15) is 5.11 Å². The van der Waals surface area contributed by atoms with Crippen molar-refractivity contribution in [3.63, 3.8) is 0 Å². The van der Waals surface area contributed by atoms with Crippen LogP contribution in [-0.2, 0) is 6.42 Å². The van der Waals surface area contributed by atoms with E-state index in [-0.39, 0.29) is 12.1 Å². The number of hydrogen-bond donors (Lipinski definition) is 1. The number of aliphatic hydroxyl groups excluding tert-OH is 1. The summed E-state index contributed by atoms with van der Waals surface area (Å²) in [5.74, 6) is 0. The molecule has 0 unspecified atom stereocenters. The van der Waals surface area contributed by atoms with Gasteiger partial charge in [0.1, 0.15) is 0 Å². The topological polar surface area (TPSA) is 23.5 Å². The number of fused-ring (bicyclic) bond motifs is 1. The van der Waals surface area contributed by atoms with Crippen LogP contribution in [-0.4, -0.2) is 30.2 Å². The second kappa shape index (κ2) is 3.13. The minimum absolute atomic E-state index is 0.177. The summed E-state index contributed by atoms with van der Waals surface area (Å²) in [5, 5.41) is 9.84. The summed E-state index contributed by atoms with van der Waals surface area (Å²) in [4.78, 5) is 2.08. The SMILES string of the molecule is CN(C)[C@@H]1c2ccccc2C[C@@H]1O. The first-order chi connectivity index (χ1) is 6.20. The fourth-order valence-corrected chi connectivity index (χ4v) is 2.18. The van der Waals surface area contributed by atoms with Gasteiger partial charge in [-0.05, 0) is 25.2 Å². The van der Waals surface area contributed by atoms with E-state index in [1.165, 1.54) is 11.1 Å². The Labute approximate surface area is 78.8 Å². The molecule has 0 aliphatic heterocycles. The Morgan fingerprint density at radius 3 is 2.69 bits per heavy atom. The fraction of sp³-hybridized carbons (Fsp3) is 0.455. The smallest absolute Gasteiger partial charge is 0.0777 e. The Morgan fingerprint density at radius 2 is 2.00 bits per heavy atom. The van der Waals surface area contributed by atoms with Crippen molar-refractivity contribution in [2.45, 2.75) is 18.6 Å². The van der Waals surface area contributed by atoms with Crippen LogP contribution >= 0.6 is 0 Å². The molecule has 0 bridgehead atoms. The highest BCUT2D eigenvalue weighted by molar-refractivity contribution is 5.36. The summed E-state index contributed by atoms with van der Waals surface area (Å²) in [7, 11) is 4.02. The fourth-order valence-electron chi connectivity index (χ4n) is 2.18. The molecule has 2 rings (SSSR count). The molecule has 1 aromatic carbocycles. The van der Waals surface area contributed by atoms with Crippen LogP contribution in [0.1, 0.15) is 17.2 Å². The van der Waals surface area contributed by atoms with Gasteiger partial charge in [0.2, 0.25) is 0 Å². The van der Waals surface area contributed by atoms with Crippen LogP contribution in [0.15, 0.2) is 24.3 Å². The highest BCUT2D eigenvalue weighted by atomic mass is 16.3. The second-order valence-corrected chi connectivity index (χ2v) is 3.88. The Hall–Kier alpha value is -0.860. The Bertz CT molecular complexity index is 309. The van der Waals surface area contributed by atoms with Crippen molar-refractivity contribution in [1.82, 2.24) is 4.90 Å². The summed E-state index contributed by atoms with van der Waals surface area (Å²) in [6.45, 7) is 0. The molecule has 1 aliphatic rings. The first-order valence-corrected chi connectivity index (χ1v) is 4.62. The molecule has 2 atom stereocenters. The van der Waals surface area contributed by atoms with Crippen LogP contribution in [0.2, 0.25) is 0 Å². The van der Waals surface area contributed by atoms with Crippen molar-refractivity contribution >= 4 is 0 Å². The van der Waals surface area contributed by atoms with E-state index in [0.717, 1.165) is 6.42 Å². The molecule has 0 saturated carbocycles. The highest BCUT2D eigenvalue weighted by Crippen LogP contribution is 2.34. The molecule has 0 radical (unpaired) electrons. The number of aliphatic hydroxyl groups is 1. The van der Waals surface area contributed by atoms with Gasteiger partial charge >= 0.3 is 0 Å².